The molecule has 0 saturated heterocycles. The van der Waals surface area contributed by atoms with Crippen LogP contribution in [0.25, 0.3) is 0 Å². The highest BCUT2D eigenvalue weighted by atomic mass is 35.5. The number of carbonyl (C=O) groups is 2. The number of nitrogens with two attached hydrogens (primary N) is 1. The third kappa shape index (κ3) is 2.84. The maximum atomic E-state index is 12.1. The molecular weight excluding hydrogens is 296 g/mol. The summed E-state index contributed by atoms with van der Waals surface area (Å²) >= 11 is 7.18. The van der Waals surface area contributed by atoms with Crippen LogP contribution in [0.3, 0.4) is 0 Å². The van der Waals surface area contributed by atoms with Gasteiger partial charge in [0.1, 0.15) is 5.00 Å². The molecular formula is C14H13ClN2O2S. The summed E-state index contributed by atoms with van der Waals surface area (Å²) in [6, 6.07) is 6.59. The Labute approximate surface area is 125 Å². The van der Waals surface area contributed by atoms with Crippen molar-refractivity contribution in [1.82, 2.24) is 0 Å². The Morgan fingerprint density at radius 2 is 2.00 bits per heavy atom. The number of hydrogen-bond acceptors (Lipinski definition) is 3. The van der Waals surface area contributed by atoms with Crippen LogP contribution in [0.5, 0.6) is 0 Å². The molecule has 20 heavy (non-hydrogen) atoms. The Hall–Kier alpha value is -1.85. The highest BCUT2D eigenvalue weighted by Crippen LogP contribution is 2.32. The number of hydrogen-bond donors (Lipinski definition) is 2. The average molecular weight is 309 g/mol. The van der Waals surface area contributed by atoms with Gasteiger partial charge in [-0.3, -0.25) is 9.59 Å². The first-order valence-electron chi connectivity index (χ1n) is 5.87. The Balaban J connectivity index is 2.33. The molecule has 0 aliphatic carbocycles. The number of amides is 2. The first kappa shape index (κ1) is 14.6. The van der Waals surface area contributed by atoms with Crippen molar-refractivity contribution < 1.29 is 9.59 Å². The van der Waals surface area contributed by atoms with Gasteiger partial charge in [0.25, 0.3) is 11.8 Å². The number of halogens is 1. The topological polar surface area (TPSA) is 72.2 Å². The van der Waals surface area contributed by atoms with Crippen molar-refractivity contribution in [2.75, 3.05) is 5.32 Å². The summed E-state index contributed by atoms with van der Waals surface area (Å²) in [5.74, 6) is -0.871. The third-order valence-corrected chi connectivity index (χ3v) is 4.30. The van der Waals surface area contributed by atoms with Gasteiger partial charge in [0.2, 0.25) is 0 Å². The monoisotopic (exact) mass is 308 g/mol. The SMILES string of the molecule is Cc1sc(NC(=O)c2cccc(Cl)c2)c(C(N)=O)c1C. The summed E-state index contributed by atoms with van der Waals surface area (Å²) in [4.78, 5) is 24.6. The van der Waals surface area contributed by atoms with Crippen molar-refractivity contribution in [1.29, 1.82) is 0 Å². The highest BCUT2D eigenvalue weighted by molar-refractivity contribution is 7.16. The Kier molecular flexibility index (Phi) is 4.11. The second kappa shape index (κ2) is 5.64. The van der Waals surface area contributed by atoms with E-state index >= 15 is 0 Å². The lowest BCUT2D eigenvalue weighted by Crippen LogP contribution is -2.17. The lowest BCUT2D eigenvalue weighted by atomic mass is 10.1. The quantitative estimate of drug-likeness (QED) is 0.912. The number of aryl methyl sites for hydroxylation is 1. The minimum atomic E-state index is -0.548. The summed E-state index contributed by atoms with van der Waals surface area (Å²) in [6.07, 6.45) is 0. The predicted molar refractivity (Wildman–Crippen MR) is 81.7 cm³/mol. The van der Waals surface area contributed by atoms with Crippen molar-refractivity contribution in [3.05, 3.63) is 50.9 Å². The molecule has 3 N–H and O–H groups in total. The maximum Gasteiger partial charge on any atom is 0.256 e. The summed E-state index contributed by atoms with van der Waals surface area (Å²) in [5, 5.41) is 3.67. The molecule has 0 unspecified atom stereocenters. The van der Waals surface area contributed by atoms with Gasteiger partial charge in [-0.15, -0.1) is 11.3 Å². The van der Waals surface area contributed by atoms with E-state index in [9.17, 15) is 9.59 Å². The predicted octanol–water partition coefficient (Wildman–Crippen LogP) is 3.37. The van der Waals surface area contributed by atoms with E-state index in [0.717, 1.165) is 10.4 Å². The van der Waals surface area contributed by atoms with Crippen molar-refractivity contribution in [2.45, 2.75) is 13.8 Å². The van der Waals surface area contributed by atoms with Gasteiger partial charge in [0, 0.05) is 15.5 Å². The molecule has 0 atom stereocenters. The lowest BCUT2D eigenvalue weighted by molar-refractivity contribution is 0.100. The zero-order valence-electron chi connectivity index (χ0n) is 11.0. The van der Waals surface area contributed by atoms with Gasteiger partial charge >= 0.3 is 0 Å². The van der Waals surface area contributed by atoms with Crippen LogP contribution in [-0.4, -0.2) is 11.8 Å². The Morgan fingerprint density at radius 1 is 1.30 bits per heavy atom. The summed E-state index contributed by atoms with van der Waals surface area (Å²) in [6.45, 7) is 3.68. The van der Waals surface area contributed by atoms with E-state index in [4.69, 9.17) is 17.3 Å². The number of rotatable bonds is 3. The van der Waals surface area contributed by atoms with Crippen LogP contribution in [0.1, 0.15) is 31.2 Å². The van der Waals surface area contributed by atoms with Crippen LogP contribution in [0, 0.1) is 13.8 Å². The van der Waals surface area contributed by atoms with E-state index in [-0.39, 0.29) is 5.91 Å². The molecule has 0 aliphatic rings. The molecule has 2 aromatic rings. The van der Waals surface area contributed by atoms with E-state index < -0.39 is 5.91 Å². The summed E-state index contributed by atoms with van der Waals surface area (Å²) in [5.41, 5.74) is 6.95. The Morgan fingerprint density at radius 3 is 2.60 bits per heavy atom. The van der Waals surface area contributed by atoms with E-state index in [0.29, 0.717) is 21.2 Å². The van der Waals surface area contributed by atoms with E-state index in [1.165, 1.54) is 11.3 Å². The smallest absolute Gasteiger partial charge is 0.256 e. The normalized spacial score (nSPS) is 10.3. The van der Waals surface area contributed by atoms with Crippen molar-refractivity contribution in [3.63, 3.8) is 0 Å². The van der Waals surface area contributed by atoms with Gasteiger partial charge in [-0.1, -0.05) is 17.7 Å². The highest BCUT2D eigenvalue weighted by Gasteiger charge is 2.19. The van der Waals surface area contributed by atoms with Crippen LogP contribution in [0.4, 0.5) is 5.00 Å². The minimum Gasteiger partial charge on any atom is -0.365 e. The molecule has 0 saturated carbocycles. The molecule has 6 heteroatoms. The van der Waals surface area contributed by atoms with E-state index in [1.54, 1.807) is 31.2 Å². The van der Waals surface area contributed by atoms with Gasteiger partial charge in [-0.2, -0.15) is 0 Å². The van der Waals surface area contributed by atoms with Crippen molar-refractivity contribution in [2.24, 2.45) is 5.73 Å². The molecule has 1 heterocycles. The second-order valence-corrected chi connectivity index (χ2v) is 5.98. The molecule has 1 aromatic carbocycles. The van der Waals surface area contributed by atoms with Crippen LogP contribution in [0.15, 0.2) is 24.3 Å². The summed E-state index contributed by atoms with van der Waals surface area (Å²) in [7, 11) is 0. The molecule has 104 valence electrons. The zero-order chi connectivity index (χ0) is 14.9. The van der Waals surface area contributed by atoms with Gasteiger partial charge in [-0.05, 0) is 37.6 Å². The first-order valence-corrected chi connectivity index (χ1v) is 7.06. The van der Waals surface area contributed by atoms with Crippen LogP contribution in [-0.2, 0) is 0 Å². The van der Waals surface area contributed by atoms with Gasteiger partial charge in [0.15, 0.2) is 0 Å². The van der Waals surface area contributed by atoms with Crippen LogP contribution in [0.2, 0.25) is 5.02 Å². The fourth-order valence-corrected chi connectivity index (χ4v) is 3.07. The number of thiophene rings is 1. The first-order chi connectivity index (χ1) is 9.40. The average Bonchev–Trinajstić information content (AvgIpc) is 2.64. The summed E-state index contributed by atoms with van der Waals surface area (Å²) < 4.78 is 0. The zero-order valence-corrected chi connectivity index (χ0v) is 12.6. The van der Waals surface area contributed by atoms with Crippen LogP contribution < -0.4 is 11.1 Å². The second-order valence-electron chi connectivity index (χ2n) is 4.32. The van der Waals surface area contributed by atoms with Crippen molar-refractivity contribution in [3.8, 4) is 0 Å². The minimum absolute atomic E-state index is 0.323. The number of carbonyl (C=O) groups excluding carboxylic acids is 2. The third-order valence-electron chi connectivity index (χ3n) is 2.95. The molecule has 4 nitrogen and oxygen atoms in total. The molecule has 2 rings (SSSR count). The molecule has 0 bridgehead atoms. The fraction of sp³-hybridized carbons (Fsp3) is 0.143. The standard InChI is InChI=1S/C14H13ClN2O2S/c1-7-8(2)20-14(11(7)12(16)18)17-13(19)9-4-3-5-10(15)6-9/h3-6H,1-2H3,(H2,16,18)(H,17,19). The van der Waals surface area contributed by atoms with Gasteiger partial charge < -0.3 is 11.1 Å². The lowest BCUT2D eigenvalue weighted by Gasteiger charge is -2.05. The molecule has 2 amide bonds. The van der Waals surface area contributed by atoms with E-state index in [2.05, 4.69) is 5.32 Å². The largest absolute Gasteiger partial charge is 0.365 e. The molecule has 0 aliphatic heterocycles. The Bertz CT molecular complexity index is 694. The van der Waals surface area contributed by atoms with Gasteiger partial charge in [-0.25, -0.2) is 0 Å². The van der Waals surface area contributed by atoms with Crippen molar-refractivity contribution >= 4 is 39.8 Å². The maximum absolute atomic E-state index is 12.1. The molecule has 0 radical (unpaired) electrons. The number of primary amides is 1. The molecule has 0 fully saturated rings. The van der Waals surface area contributed by atoms with E-state index in [1.807, 2.05) is 6.92 Å². The molecule has 1 aromatic heterocycles. The molecule has 0 spiro atoms. The number of benzene rings is 1. The number of nitrogens with one attached hydrogen (secondary N) is 1. The number of anilines is 1. The van der Waals surface area contributed by atoms with Gasteiger partial charge in [0.05, 0.1) is 5.56 Å². The fourth-order valence-electron chi connectivity index (χ4n) is 1.82. The van der Waals surface area contributed by atoms with Crippen LogP contribution >= 0.6 is 22.9 Å².